The van der Waals surface area contributed by atoms with Crippen LogP contribution < -0.4 is 14.4 Å². The number of anilines is 1. The number of aromatic nitrogens is 2. The van der Waals surface area contributed by atoms with Gasteiger partial charge in [-0.15, -0.1) is 11.3 Å². The first-order chi connectivity index (χ1) is 18.6. The van der Waals surface area contributed by atoms with Crippen LogP contribution in [-0.2, 0) is 9.53 Å². The number of hydrogen-bond donors (Lipinski definition) is 1. The second-order valence-electron chi connectivity index (χ2n) is 8.83. The van der Waals surface area contributed by atoms with Gasteiger partial charge in [-0.25, -0.2) is 14.8 Å². The molecule has 1 aliphatic heterocycles. The Morgan fingerprint density at radius 2 is 1.77 bits per heavy atom. The minimum atomic E-state index is -1.05. The largest absolute Gasteiger partial charge is 0.503 e. The predicted molar refractivity (Wildman–Crippen MR) is 147 cm³/mol. The van der Waals surface area contributed by atoms with Crippen LogP contribution in [-0.4, -0.2) is 53.6 Å². The minimum Gasteiger partial charge on any atom is -0.503 e. The van der Waals surface area contributed by atoms with Crippen molar-refractivity contribution in [3.05, 3.63) is 61.2 Å². The normalized spacial score (nSPS) is 15.2. The maximum Gasteiger partial charge on any atom is 0.350 e. The fraction of sp³-hybridized carbons (Fsp3) is 0.370. The van der Waals surface area contributed by atoms with Crippen LogP contribution in [0.5, 0.6) is 11.5 Å². The maximum absolute atomic E-state index is 13.8. The Hall–Kier alpha value is -3.77. The fourth-order valence-corrected chi connectivity index (χ4v) is 6.17. The average molecular weight is 572 g/mol. The number of Topliss-reactive ketones (excluding diaryl/α,β-unsaturated/α-hetero) is 1. The minimum absolute atomic E-state index is 0.110. The molecule has 1 unspecified atom stereocenters. The number of aliphatic hydroxyl groups excluding tert-OH is 1. The van der Waals surface area contributed by atoms with Crippen molar-refractivity contribution in [2.24, 2.45) is 0 Å². The lowest BCUT2D eigenvalue weighted by molar-refractivity contribution is -0.117. The molecule has 1 N–H and O–H groups in total. The highest BCUT2D eigenvalue weighted by Gasteiger charge is 2.47. The van der Waals surface area contributed by atoms with Gasteiger partial charge in [0.2, 0.25) is 5.78 Å². The van der Waals surface area contributed by atoms with E-state index in [-0.39, 0.29) is 15.6 Å². The van der Waals surface area contributed by atoms with Gasteiger partial charge in [0, 0.05) is 0 Å². The first kappa shape index (κ1) is 28.2. The van der Waals surface area contributed by atoms with Crippen molar-refractivity contribution >= 4 is 45.5 Å². The molecule has 0 bridgehead atoms. The molecule has 1 atom stereocenters. The quantitative estimate of drug-likeness (QED) is 0.196. The van der Waals surface area contributed by atoms with Crippen LogP contribution in [0.15, 0.2) is 29.5 Å². The molecule has 39 heavy (non-hydrogen) atoms. The molecule has 0 saturated carbocycles. The summed E-state index contributed by atoms with van der Waals surface area (Å²) in [6.45, 7) is 7.67. The number of benzene rings is 1. The molecule has 4 rings (SSSR count). The number of unbranched alkanes of at least 4 members (excludes halogenated alkanes) is 1. The van der Waals surface area contributed by atoms with Crippen LogP contribution in [0.4, 0.5) is 5.13 Å². The van der Waals surface area contributed by atoms with Gasteiger partial charge in [-0.05, 0) is 44.9 Å². The first-order valence-electron chi connectivity index (χ1n) is 12.2. The number of carbonyl (C=O) groups excluding carboxylic acids is 3. The molecule has 2 aromatic heterocycles. The standard InChI is InChI=1S/C27H29N3O7S2/c1-7-8-11-37-17-10-9-16(12-18(17)35-5)20-19(21(31)23-13(2)28-15(4)38-23)22(32)25(33)30(20)27-29-14(3)24(39-27)26(34)36-6/h9-10,12,20,32H,7-8,11H2,1-6H3. The highest BCUT2D eigenvalue weighted by atomic mass is 32.1. The van der Waals surface area contributed by atoms with Gasteiger partial charge >= 0.3 is 5.97 Å². The lowest BCUT2D eigenvalue weighted by atomic mass is 9.95. The van der Waals surface area contributed by atoms with Gasteiger partial charge in [-0.3, -0.25) is 14.5 Å². The van der Waals surface area contributed by atoms with Crippen molar-refractivity contribution in [2.45, 2.75) is 46.6 Å². The molecule has 0 spiro atoms. The zero-order valence-electron chi connectivity index (χ0n) is 22.5. The monoisotopic (exact) mass is 571 g/mol. The summed E-state index contributed by atoms with van der Waals surface area (Å²) < 4.78 is 16.3. The third kappa shape index (κ3) is 5.26. The van der Waals surface area contributed by atoms with E-state index >= 15 is 0 Å². The molecule has 0 aliphatic carbocycles. The van der Waals surface area contributed by atoms with E-state index < -0.39 is 29.5 Å². The number of aliphatic hydroxyl groups is 1. The second-order valence-corrected chi connectivity index (χ2v) is 11.0. The fourth-order valence-electron chi connectivity index (χ4n) is 4.28. The van der Waals surface area contributed by atoms with E-state index in [1.54, 1.807) is 39.0 Å². The summed E-state index contributed by atoms with van der Waals surface area (Å²) in [5, 5.41) is 11.9. The zero-order chi connectivity index (χ0) is 28.4. The van der Waals surface area contributed by atoms with Crippen LogP contribution in [0, 0.1) is 20.8 Å². The Labute approximate surface area is 233 Å². The molecular weight excluding hydrogens is 542 g/mol. The van der Waals surface area contributed by atoms with Crippen molar-refractivity contribution in [3.63, 3.8) is 0 Å². The lowest BCUT2D eigenvalue weighted by Gasteiger charge is -2.25. The number of thiazole rings is 2. The number of methoxy groups -OCH3 is 2. The van der Waals surface area contributed by atoms with Crippen molar-refractivity contribution in [1.29, 1.82) is 0 Å². The molecule has 1 aromatic carbocycles. The van der Waals surface area contributed by atoms with Crippen LogP contribution in [0.2, 0.25) is 0 Å². The van der Waals surface area contributed by atoms with Gasteiger partial charge in [0.15, 0.2) is 22.4 Å². The van der Waals surface area contributed by atoms with Gasteiger partial charge in [-0.2, -0.15) is 0 Å². The number of aryl methyl sites for hydroxylation is 3. The smallest absolute Gasteiger partial charge is 0.350 e. The maximum atomic E-state index is 13.8. The summed E-state index contributed by atoms with van der Waals surface area (Å²) >= 11 is 2.13. The summed E-state index contributed by atoms with van der Waals surface area (Å²) in [5.74, 6) is -1.69. The SMILES string of the molecule is CCCCOc1ccc(C2C(C(=O)c3sc(C)nc3C)=C(O)C(=O)N2c2nc(C)c(C(=O)OC)s2)cc1OC. The molecule has 1 amide bonds. The third-order valence-corrected chi connectivity index (χ3v) is 8.39. The number of nitrogens with zero attached hydrogens (tertiary/aromatic N) is 3. The Bertz CT molecular complexity index is 1470. The number of hydrogen-bond acceptors (Lipinski definition) is 11. The molecule has 10 nitrogen and oxygen atoms in total. The summed E-state index contributed by atoms with van der Waals surface area (Å²) in [6, 6.07) is 4.04. The average Bonchev–Trinajstić information content (AvgIpc) is 3.55. The first-order valence-corrected chi connectivity index (χ1v) is 13.9. The van der Waals surface area contributed by atoms with Gasteiger partial charge < -0.3 is 19.3 Å². The van der Waals surface area contributed by atoms with E-state index in [0.29, 0.717) is 44.9 Å². The zero-order valence-corrected chi connectivity index (χ0v) is 24.1. The van der Waals surface area contributed by atoms with Gasteiger partial charge in [0.05, 0.1) is 53.7 Å². The number of ether oxygens (including phenoxy) is 3. The van der Waals surface area contributed by atoms with Gasteiger partial charge in [0.1, 0.15) is 4.88 Å². The van der Waals surface area contributed by atoms with E-state index in [4.69, 9.17) is 14.2 Å². The number of rotatable bonds is 10. The topological polar surface area (TPSA) is 128 Å². The van der Waals surface area contributed by atoms with E-state index in [2.05, 4.69) is 16.9 Å². The van der Waals surface area contributed by atoms with Crippen molar-refractivity contribution in [1.82, 2.24) is 9.97 Å². The number of carbonyl (C=O) groups is 3. The third-order valence-electron chi connectivity index (χ3n) is 6.18. The predicted octanol–water partition coefficient (Wildman–Crippen LogP) is 5.28. The summed E-state index contributed by atoms with van der Waals surface area (Å²) in [4.78, 5) is 50.2. The molecule has 0 saturated heterocycles. The summed E-state index contributed by atoms with van der Waals surface area (Å²) in [7, 11) is 2.75. The van der Waals surface area contributed by atoms with Crippen molar-refractivity contribution in [3.8, 4) is 11.5 Å². The Morgan fingerprint density at radius 1 is 1.05 bits per heavy atom. The van der Waals surface area contributed by atoms with E-state index in [9.17, 15) is 19.5 Å². The summed E-state index contributed by atoms with van der Waals surface area (Å²) in [5.41, 5.74) is 1.24. The van der Waals surface area contributed by atoms with Crippen molar-refractivity contribution < 1.29 is 33.7 Å². The highest BCUT2D eigenvalue weighted by Crippen LogP contribution is 2.46. The molecule has 1 aliphatic rings. The van der Waals surface area contributed by atoms with E-state index in [0.717, 1.165) is 24.2 Å². The molecule has 0 radical (unpaired) electrons. The Kier molecular flexibility index (Phi) is 8.36. The lowest BCUT2D eigenvalue weighted by Crippen LogP contribution is -2.31. The molecular formula is C27H29N3O7S2. The Morgan fingerprint density at radius 3 is 2.38 bits per heavy atom. The number of ketones is 1. The molecule has 206 valence electrons. The van der Waals surface area contributed by atoms with Crippen LogP contribution in [0.25, 0.3) is 0 Å². The molecule has 0 fully saturated rings. The van der Waals surface area contributed by atoms with Crippen LogP contribution in [0.3, 0.4) is 0 Å². The Balaban J connectivity index is 1.87. The highest BCUT2D eigenvalue weighted by molar-refractivity contribution is 7.17. The second kappa shape index (κ2) is 11.5. The number of amides is 1. The van der Waals surface area contributed by atoms with Gasteiger partial charge in [-0.1, -0.05) is 30.7 Å². The van der Waals surface area contributed by atoms with E-state index in [1.807, 2.05) is 0 Å². The number of esters is 1. The van der Waals surface area contributed by atoms with Crippen LogP contribution >= 0.6 is 22.7 Å². The van der Waals surface area contributed by atoms with Crippen LogP contribution in [0.1, 0.15) is 67.1 Å². The van der Waals surface area contributed by atoms with Crippen molar-refractivity contribution in [2.75, 3.05) is 25.7 Å². The molecule has 12 heteroatoms. The molecule has 3 aromatic rings. The molecule has 3 heterocycles. The summed E-state index contributed by atoms with van der Waals surface area (Å²) in [6.07, 6.45) is 1.83. The van der Waals surface area contributed by atoms with E-state index in [1.165, 1.54) is 30.5 Å². The van der Waals surface area contributed by atoms with Gasteiger partial charge in [0.25, 0.3) is 5.91 Å².